The summed E-state index contributed by atoms with van der Waals surface area (Å²) in [6.45, 7) is 1.97. The minimum Gasteiger partial charge on any atom is -0.342 e. The van der Waals surface area contributed by atoms with Crippen LogP contribution in [0.5, 0.6) is 0 Å². The lowest BCUT2D eigenvalue weighted by Crippen LogP contribution is -1.80. The van der Waals surface area contributed by atoms with Crippen molar-refractivity contribution in [3.8, 4) is 11.1 Å². The van der Waals surface area contributed by atoms with Crippen molar-refractivity contribution in [1.29, 1.82) is 0 Å². The van der Waals surface area contributed by atoms with Gasteiger partial charge in [-0.1, -0.05) is 24.3 Å². The average molecular weight is 240 g/mol. The van der Waals surface area contributed by atoms with Crippen LogP contribution in [0.1, 0.15) is 5.82 Å². The van der Waals surface area contributed by atoms with E-state index in [9.17, 15) is 0 Å². The van der Waals surface area contributed by atoms with Crippen molar-refractivity contribution >= 4 is 23.7 Å². The van der Waals surface area contributed by atoms with E-state index in [4.69, 9.17) is 0 Å². The van der Waals surface area contributed by atoms with Gasteiger partial charge >= 0.3 is 0 Å². The van der Waals surface area contributed by atoms with Crippen LogP contribution in [0, 0.1) is 6.92 Å². The van der Waals surface area contributed by atoms with Crippen molar-refractivity contribution in [2.24, 2.45) is 0 Å². The predicted octanol–water partition coefficient (Wildman–Crippen LogP) is 3.83. The zero-order valence-electron chi connectivity index (χ0n) is 9.44. The number of aryl methyl sites for hydroxylation is 1. The molecule has 0 saturated heterocycles. The Balaban J connectivity index is 2.30. The molecule has 0 amide bonds. The number of thiol groups is 1. The highest BCUT2D eigenvalue weighted by Gasteiger charge is 2.07. The van der Waals surface area contributed by atoms with Gasteiger partial charge in [0.15, 0.2) is 0 Å². The normalized spacial score (nSPS) is 10.9. The molecular weight excluding hydrogens is 228 g/mol. The van der Waals surface area contributed by atoms with Gasteiger partial charge in [0.25, 0.3) is 0 Å². The zero-order valence-corrected chi connectivity index (χ0v) is 10.3. The lowest BCUT2D eigenvalue weighted by Gasteiger charge is -2.03. The van der Waals surface area contributed by atoms with E-state index in [-0.39, 0.29) is 0 Å². The number of rotatable bonds is 1. The highest BCUT2D eigenvalue weighted by atomic mass is 32.1. The maximum Gasteiger partial charge on any atom is 0.104 e. The molecule has 0 atom stereocenters. The highest BCUT2D eigenvalue weighted by Crippen LogP contribution is 2.28. The fraction of sp³-hybridized carbons (Fsp3) is 0.0714. The second kappa shape index (κ2) is 3.93. The number of aromatic nitrogens is 2. The first kappa shape index (κ1) is 10.4. The third kappa shape index (κ3) is 1.83. The van der Waals surface area contributed by atoms with Crippen LogP contribution in [0.15, 0.2) is 47.4 Å². The van der Waals surface area contributed by atoms with Crippen molar-refractivity contribution in [2.45, 2.75) is 11.8 Å². The molecule has 0 saturated carbocycles. The Labute approximate surface area is 105 Å². The van der Waals surface area contributed by atoms with Gasteiger partial charge < -0.3 is 4.98 Å². The van der Waals surface area contributed by atoms with Crippen molar-refractivity contribution in [3.63, 3.8) is 0 Å². The van der Waals surface area contributed by atoms with Gasteiger partial charge in [0.2, 0.25) is 0 Å². The number of nitrogens with zero attached hydrogens (tertiary/aromatic N) is 1. The van der Waals surface area contributed by atoms with Crippen LogP contribution < -0.4 is 0 Å². The van der Waals surface area contributed by atoms with E-state index in [1.54, 1.807) is 0 Å². The highest BCUT2D eigenvalue weighted by molar-refractivity contribution is 7.80. The van der Waals surface area contributed by atoms with Crippen molar-refractivity contribution < 1.29 is 0 Å². The second-order valence-corrected chi connectivity index (χ2v) is 4.59. The number of imidazole rings is 1. The fourth-order valence-electron chi connectivity index (χ4n) is 2.06. The zero-order chi connectivity index (χ0) is 11.8. The van der Waals surface area contributed by atoms with E-state index < -0.39 is 0 Å². The average Bonchev–Trinajstić information content (AvgIpc) is 2.68. The first-order valence-corrected chi connectivity index (χ1v) is 5.93. The molecule has 17 heavy (non-hydrogen) atoms. The molecule has 2 nitrogen and oxygen atoms in total. The van der Waals surface area contributed by atoms with Gasteiger partial charge in [0, 0.05) is 10.5 Å². The van der Waals surface area contributed by atoms with Crippen LogP contribution in [-0.4, -0.2) is 9.97 Å². The molecule has 3 heteroatoms. The minimum absolute atomic E-state index is 0.939. The first-order chi connectivity index (χ1) is 8.24. The number of nitrogens with one attached hydrogen (secondary N) is 1. The van der Waals surface area contributed by atoms with Gasteiger partial charge in [-0.15, -0.1) is 12.6 Å². The molecule has 0 fully saturated rings. The van der Waals surface area contributed by atoms with Gasteiger partial charge in [-0.05, 0) is 30.7 Å². The Morgan fingerprint density at radius 3 is 2.76 bits per heavy atom. The van der Waals surface area contributed by atoms with Crippen molar-refractivity contribution in [3.05, 3.63) is 48.3 Å². The van der Waals surface area contributed by atoms with Gasteiger partial charge in [-0.25, -0.2) is 4.98 Å². The van der Waals surface area contributed by atoms with Gasteiger partial charge in [0.1, 0.15) is 5.82 Å². The molecule has 0 spiro atoms. The Morgan fingerprint density at radius 1 is 1.12 bits per heavy atom. The third-order valence-corrected chi connectivity index (χ3v) is 3.07. The van der Waals surface area contributed by atoms with Gasteiger partial charge in [-0.3, -0.25) is 0 Å². The summed E-state index contributed by atoms with van der Waals surface area (Å²) in [5.41, 5.74) is 4.38. The summed E-state index contributed by atoms with van der Waals surface area (Å²) < 4.78 is 0. The topological polar surface area (TPSA) is 28.7 Å². The number of hydrogen-bond acceptors (Lipinski definition) is 2. The van der Waals surface area contributed by atoms with Crippen molar-refractivity contribution in [2.75, 3.05) is 0 Å². The van der Waals surface area contributed by atoms with Gasteiger partial charge in [0.05, 0.1) is 11.0 Å². The molecule has 0 unspecified atom stereocenters. The predicted molar refractivity (Wildman–Crippen MR) is 73.5 cm³/mol. The molecule has 1 heterocycles. The van der Waals surface area contributed by atoms with E-state index in [1.165, 1.54) is 0 Å². The summed E-state index contributed by atoms with van der Waals surface area (Å²) in [6, 6.07) is 14.3. The van der Waals surface area contributed by atoms with Crippen LogP contribution >= 0.6 is 12.6 Å². The summed E-state index contributed by atoms with van der Waals surface area (Å²) in [4.78, 5) is 8.76. The maximum atomic E-state index is 4.54. The molecule has 0 aliphatic carbocycles. The standard InChI is InChI=1S/C14H12N2S/c1-9-15-13-7-3-6-12(14(13)16-9)10-4-2-5-11(17)8-10/h2-8,17H,1H3,(H,15,16). The monoisotopic (exact) mass is 240 g/mol. The molecule has 0 bridgehead atoms. The lowest BCUT2D eigenvalue weighted by molar-refractivity contribution is 1.17. The van der Waals surface area contributed by atoms with Crippen LogP contribution in [0.2, 0.25) is 0 Å². The summed E-state index contributed by atoms with van der Waals surface area (Å²) in [6.07, 6.45) is 0. The molecule has 3 aromatic rings. The summed E-state index contributed by atoms with van der Waals surface area (Å²) >= 11 is 4.38. The Hall–Kier alpha value is -1.74. The number of aromatic amines is 1. The van der Waals surface area contributed by atoms with Crippen LogP contribution in [0.4, 0.5) is 0 Å². The molecule has 0 aliphatic rings. The molecule has 1 N–H and O–H groups in total. The number of para-hydroxylation sites is 1. The van der Waals surface area contributed by atoms with Crippen LogP contribution in [-0.2, 0) is 0 Å². The Kier molecular flexibility index (Phi) is 2.41. The lowest BCUT2D eigenvalue weighted by atomic mass is 10.0. The van der Waals surface area contributed by atoms with Crippen LogP contribution in [0.3, 0.4) is 0 Å². The SMILES string of the molecule is Cc1nc2c(-c3cccc(S)c3)cccc2[nH]1. The summed E-state index contributed by atoms with van der Waals surface area (Å²) in [7, 11) is 0. The quantitative estimate of drug-likeness (QED) is 0.622. The fourth-order valence-corrected chi connectivity index (χ4v) is 2.29. The van der Waals surface area contributed by atoms with Crippen molar-refractivity contribution in [1.82, 2.24) is 9.97 Å². The van der Waals surface area contributed by atoms with E-state index in [0.717, 1.165) is 32.9 Å². The van der Waals surface area contributed by atoms with E-state index in [2.05, 4.69) is 40.8 Å². The molecule has 2 aromatic carbocycles. The maximum absolute atomic E-state index is 4.54. The third-order valence-electron chi connectivity index (χ3n) is 2.79. The number of hydrogen-bond donors (Lipinski definition) is 2. The molecule has 3 rings (SSSR count). The Morgan fingerprint density at radius 2 is 1.94 bits per heavy atom. The van der Waals surface area contributed by atoms with E-state index in [0.29, 0.717) is 0 Å². The Bertz CT molecular complexity index is 686. The molecule has 84 valence electrons. The minimum atomic E-state index is 0.939. The first-order valence-electron chi connectivity index (χ1n) is 5.49. The second-order valence-electron chi connectivity index (χ2n) is 4.07. The number of H-pyrrole nitrogens is 1. The summed E-state index contributed by atoms with van der Waals surface area (Å²) in [5.74, 6) is 0.939. The summed E-state index contributed by atoms with van der Waals surface area (Å²) in [5, 5.41) is 0. The van der Waals surface area contributed by atoms with E-state index in [1.807, 2.05) is 31.2 Å². The van der Waals surface area contributed by atoms with Gasteiger partial charge in [-0.2, -0.15) is 0 Å². The molecule has 0 radical (unpaired) electrons. The molecular formula is C14H12N2S. The molecule has 0 aliphatic heterocycles. The molecule has 1 aromatic heterocycles. The number of fused-ring (bicyclic) bond motifs is 1. The van der Waals surface area contributed by atoms with E-state index >= 15 is 0 Å². The number of benzene rings is 2. The largest absolute Gasteiger partial charge is 0.342 e. The smallest absolute Gasteiger partial charge is 0.104 e. The van der Waals surface area contributed by atoms with Crippen LogP contribution in [0.25, 0.3) is 22.2 Å².